The summed E-state index contributed by atoms with van der Waals surface area (Å²) >= 11 is 0. The number of halogens is 4. The van der Waals surface area contributed by atoms with Crippen LogP contribution in [0.2, 0.25) is 0 Å². The first kappa shape index (κ1) is 38.7. The average Bonchev–Trinajstić information content (AvgIpc) is 3.28. The van der Waals surface area contributed by atoms with E-state index in [2.05, 4.69) is 0 Å². The van der Waals surface area contributed by atoms with E-state index in [0.717, 1.165) is 54.6 Å². The zero-order valence-corrected chi connectivity index (χ0v) is 34.6. The molecule has 0 fully saturated rings. The Morgan fingerprint density at radius 2 is 0.710 bits per heavy atom. The number of para-hydroxylation sites is 2. The van der Waals surface area contributed by atoms with Gasteiger partial charge in [0, 0.05) is 45.4 Å². The molecule has 0 aliphatic heterocycles. The zero-order chi connectivity index (χ0) is 42.8. The molecule has 6 heteroatoms. The van der Waals surface area contributed by atoms with Gasteiger partial charge in [-0.1, -0.05) is 120 Å². The molecule has 0 N–H and O–H groups in total. The molecule has 0 saturated carbocycles. The lowest BCUT2D eigenvalue weighted by Crippen LogP contribution is -2.14. The third-order valence-electron chi connectivity index (χ3n) is 12.1. The largest absolute Gasteiger partial charge is 0.307 e. The minimum atomic E-state index is -0.574. The fraction of sp³-hybridized carbons (Fsp3) is 0.0714. The minimum Gasteiger partial charge on any atom is -0.307 e. The van der Waals surface area contributed by atoms with Crippen LogP contribution in [0.5, 0.6) is 0 Å². The Labute approximate surface area is 357 Å². The molecule has 10 aromatic carbocycles. The number of hydrogen-bond acceptors (Lipinski definition) is 2. The van der Waals surface area contributed by atoms with E-state index in [1.165, 1.54) is 24.3 Å². The number of benzene rings is 10. The summed E-state index contributed by atoms with van der Waals surface area (Å²) in [5, 5.41) is 5.29. The van der Waals surface area contributed by atoms with Crippen molar-refractivity contribution in [3.63, 3.8) is 0 Å². The molecule has 302 valence electrons. The van der Waals surface area contributed by atoms with Gasteiger partial charge in [0.1, 0.15) is 23.3 Å². The number of hydrogen-bond donors (Lipinski definition) is 0. The van der Waals surface area contributed by atoms with Crippen molar-refractivity contribution in [2.45, 2.75) is 27.7 Å². The van der Waals surface area contributed by atoms with Gasteiger partial charge < -0.3 is 9.80 Å². The van der Waals surface area contributed by atoms with Crippen LogP contribution in [0.15, 0.2) is 170 Å². The quantitative estimate of drug-likeness (QED) is 0.111. The van der Waals surface area contributed by atoms with Crippen molar-refractivity contribution in [2.24, 2.45) is 0 Å². The smallest absolute Gasteiger partial charge is 0.148 e. The summed E-state index contributed by atoms with van der Waals surface area (Å²) in [5.74, 6) is -2.22. The molecule has 0 aromatic heterocycles. The fourth-order valence-corrected chi connectivity index (χ4v) is 9.01. The maximum Gasteiger partial charge on any atom is 0.148 e. The normalized spacial score (nSPS) is 11.5. The molecule has 0 aliphatic carbocycles. The highest BCUT2D eigenvalue weighted by atomic mass is 19.1. The van der Waals surface area contributed by atoms with E-state index in [-0.39, 0.29) is 22.5 Å². The molecule has 10 rings (SSSR count). The minimum absolute atomic E-state index is 0.0653. The Balaban J connectivity index is 1.19. The summed E-state index contributed by atoms with van der Waals surface area (Å²) in [4.78, 5) is 3.54. The van der Waals surface area contributed by atoms with E-state index in [0.29, 0.717) is 33.9 Å². The van der Waals surface area contributed by atoms with Crippen molar-refractivity contribution >= 4 is 66.4 Å². The van der Waals surface area contributed by atoms with Gasteiger partial charge >= 0.3 is 0 Å². The second-order valence-electron chi connectivity index (χ2n) is 16.1. The summed E-state index contributed by atoms with van der Waals surface area (Å²) in [7, 11) is 0. The summed E-state index contributed by atoms with van der Waals surface area (Å²) in [5.41, 5.74) is 8.01. The van der Waals surface area contributed by atoms with Crippen LogP contribution in [0.1, 0.15) is 22.3 Å². The molecule has 0 aliphatic rings. The Morgan fingerprint density at radius 3 is 1.11 bits per heavy atom. The van der Waals surface area contributed by atoms with Gasteiger partial charge in [-0.3, -0.25) is 0 Å². The lowest BCUT2D eigenvalue weighted by atomic mass is 9.91. The van der Waals surface area contributed by atoms with Crippen molar-refractivity contribution in [1.29, 1.82) is 0 Å². The first-order valence-corrected chi connectivity index (χ1v) is 20.6. The molecule has 0 spiro atoms. The van der Waals surface area contributed by atoms with Crippen LogP contribution in [-0.2, 0) is 0 Å². The number of anilines is 6. The Kier molecular flexibility index (Phi) is 9.52. The van der Waals surface area contributed by atoms with E-state index in [4.69, 9.17) is 0 Å². The number of rotatable bonds is 8. The molecule has 0 atom stereocenters. The van der Waals surface area contributed by atoms with E-state index in [9.17, 15) is 0 Å². The van der Waals surface area contributed by atoms with Gasteiger partial charge in [-0.25, -0.2) is 17.6 Å². The number of aryl methyl sites for hydroxylation is 4. The highest BCUT2D eigenvalue weighted by molar-refractivity contribution is 6.28. The molecule has 0 saturated heterocycles. The predicted octanol–water partition coefficient (Wildman–Crippen LogP) is 16.6. The van der Waals surface area contributed by atoms with Gasteiger partial charge in [0.15, 0.2) is 0 Å². The maximum absolute atomic E-state index is 16.8. The van der Waals surface area contributed by atoms with E-state index >= 15 is 17.6 Å². The fourth-order valence-electron chi connectivity index (χ4n) is 9.01. The SMILES string of the molecule is Cc1ccc(C)c(-c2cc(F)c(N(c3ccccc3)c3ccc4ccc5c(N(c6ccccc6)c6cc(F)c(-c7cc(C)ccc7C)cc6F)ccc6ccc3c4c65)cc2F)c1. The molecule has 10 aromatic rings. The molecular formula is C56H40F4N2. The third kappa shape index (κ3) is 6.51. The van der Waals surface area contributed by atoms with Crippen LogP contribution in [0.25, 0.3) is 54.6 Å². The third-order valence-corrected chi connectivity index (χ3v) is 12.1. The Hall–Kier alpha value is -7.44. The van der Waals surface area contributed by atoms with Crippen molar-refractivity contribution < 1.29 is 17.6 Å². The molecule has 2 nitrogen and oxygen atoms in total. The lowest BCUT2D eigenvalue weighted by Gasteiger charge is -2.30. The van der Waals surface area contributed by atoms with Crippen LogP contribution in [0.3, 0.4) is 0 Å². The predicted molar refractivity (Wildman–Crippen MR) is 249 cm³/mol. The molecule has 0 heterocycles. The van der Waals surface area contributed by atoms with Crippen molar-refractivity contribution in [3.05, 3.63) is 215 Å². The molecule has 62 heavy (non-hydrogen) atoms. The topological polar surface area (TPSA) is 6.48 Å². The highest BCUT2D eigenvalue weighted by Crippen LogP contribution is 2.49. The van der Waals surface area contributed by atoms with Crippen LogP contribution in [0.4, 0.5) is 51.7 Å². The lowest BCUT2D eigenvalue weighted by molar-refractivity contribution is 0.604. The van der Waals surface area contributed by atoms with E-state index in [1.54, 1.807) is 9.80 Å². The van der Waals surface area contributed by atoms with E-state index in [1.807, 2.05) is 173 Å². The number of nitrogens with zero attached hydrogens (tertiary/aromatic N) is 2. The van der Waals surface area contributed by atoms with Gasteiger partial charge in [0.25, 0.3) is 0 Å². The highest BCUT2D eigenvalue weighted by Gasteiger charge is 2.26. The van der Waals surface area contributed by atoms with Gasteiger partial charge in [0.05, 0.1) is 22.7 Å². The molecular weight excluding hydrogens is 777 g/mol. The van der Waals surface area contributed by atoms with Gasteiger partial charge in [-0.2, -0.15) is 0 Å². The van der Waals surface area contributed by atoms with Crippen LogP contribution < -0.4 is 9.80 Å². The van der Waals surface area contributed by atoms with Crippen LogP contribution in [0, 0.1) is 51.0 Å². The molecule has 0 amide bonds. The summed E-state index contributed by atoms with van der Waals surface area (Å²) < 4.78 is 66.4. The molecule has 0 radical (unpaired) electrons. The van der Waals surface area contributed by atoms with Gasteiger partial charge in [-0.15, -0.1) is 0 Å². The average molecular weight is 817 g/mol. The van der Waals surface area contributed by atoms with Crippen molar-refractivity contribution in [2.75, 3.05) is 9.80 Å². The Morgan fingerprint density at radius 1 is 0.323 bits per heavy atom. The second kappa shape index (κ2) is 15.2. The molecule has 0 unspecified atom stereocenters. The summed E-state index contributed by atoms with van der Waals surface area (Å²) in [6.07, 6.45) is 0. The van der Waals surface area contributed by atoms with E-state index < -0.39 is 23.3 Å². The summed E-state index contributed by atoms with van der Waals surface area (Å²) in [6.45, 7) is 7.65. The second-order valence-corrected chi connectivity index (χ2v) is 16.1. The Bertz CT molecular complexity index is 3120. The van der Waals surface area contributed by atoms with Crippen molar-refractivity contribution in [3.8, 4) is 22.3 Å². The summed E-state index contributed by atoms with van der Waals surface area (Å²) in [6, 6.07) is 51.4. The van der Waals surface area contributed by atoms with Crippen LogP contribution in [-0.4, -0.2) is 0 Å². The van der Waals surface area contributed by atoms with Gasteiger partial charge in [0.2, 0.25) is 0 Å². The monoisotopic (exact) mass is 816 g/mol. The first-order chi connectivity index (χ1) is 30.0. The van der Waals surface area contributed by atoms with Gasteiger partial charge in [-0.05, 0) is 120 Å². The molecule has 0 bridgehead atoms. The standard InChI is InChI=1S/C56H40F4N2/c1-33-15-17-35(3)43(27-33)45-29-49(59)53(31-47(45)57)61(39-11-7-5-8-12-39)51-25-21-37-20-24-42-52(26-22-38-19-23-41(51)55(37)56(38)42)62(40-13-9-6-10-14-40)54-32-48(58)46(30-50(54)60)44-28-34(2)16-18-36(44)4/h5-32H,1-4H3. The van der Waals surface area contributed by atoms with Crippen LogP contribution >= 0.6 is 0 Å². The maximum atomic E-state index is 16.8. The first-order valence-electron chi connectivity index (χ1n) is 20.6. The zero-order valence-electron chi connectivity index (χ0n) is 34.6. The van der Waals surface area contributed by atoms with Crippen molar-refractivity contribution in [1.82, 2.24) is 0 Å².